The Morgan fingerprint density at radius 2 is 1.86 bits per heavy atom. The van der Waals surface area contributed by atoms with Crippen molar-refractivity contribution in [1.29, 1.82) is 0 Å². The number of aryl methyl sites for hydroxylation is 1. The van der Waals surface area contributed by atoms with E-state index in [4.69, 9.17) is 4.74 Å². The van der Waals surface area contributed by atoms with E-state index in [1.165, 1.54) is 39.9 Å². The first-order valence-corrected chi connectivity index (χ1v) is 14.1. The van der Waals surface area contributed by atoms with Gasteiger partial charge in [-0.3, -0.25) is 9.10 Å². The van der Waals surface area contributed by atoms with E-state index in [2.05, 4.69) is 11.1 Å². The van der Waals surface area contributed by atoms with E-state index >= 15 is 0 Å². The maximum atomic E-state index is 13.3. The Kier molecular flexibility index (Phi) is 6.79. The zero-order valence-corrected chi connectivity index (χ0v) is 21.8. The fourth-order valence-electron chi connectivity index (χ4n) is 4.39. The topological polar surface area (TPSA) is 81.0 Å². The molecule has 4 aromatic rings. The average Bonchev–Trinajstić information content (AvgIpc) is 3.46. The lowest BCUT2D eigenvalue weighted by molar-refractivity contribution is 0.0996. The summed E-state index contributed by atoms with van der Waals surface area (Å²) in [4.78, 5) is 18.2. The lowest BCUT2D eigenvalue weighted by Gasteiger charge is -2.19. The molecule has 0 fully saturated rings. The Morgan fingerprint density at radius 1 is 1.08 bits per heavy atom. The van der Waals surface area contributed by atoms with Crippen molar-refractivity contribution in [3.05, 3.63) is 88.2 Å². The third-order valence-corrected chi connectivity index (χ3v) is 9.10. The number of para-hydroxylation sites is 1. The molecule has 0 N–H and O–H groups in total. The molecule has 186 valence electrons. The van der Waals surface area contributed by atoms with Crippen LogP contribution in [-0.2, 0) is 27.7 Å². The van der Waals surface area contributed by atoms with Crippen molar-refractivity contribution in [3.63, 3.8) is 0 Å². The number of carbonyl (C=O) groups excluding carboxylic acids is 1. The number of carbonyl (C=O) groups is 1. The summed E-state index contributed by atoms with van der Waals surface area (Å²) >= 11 is 1.45. The van der Waals surface area contributed by atoms with Gasteiger partial charge in [0.05, 0.1) is 27.4 Å². The number of sulfonamides is 1. The first-order chi connectivity index (χ1) is 17.4. The molecule has 2 heterocycles. The van der Waals surface area contributed by atoms with E-state index in [1.807, 2.05) is 54.8 Å². The largest absolute Gasteiger partial charge is 0.380 e. The summed E-state index contributed by atoms with van der Waals surface area (Å²) in [5, 5.41) is 0. The molecule has 1 amide bonds. The van der Waals surface area contributed by atoms with Crippen molar-refractivity contribution < 1.29 is 17.9 Å². The highest BCUT2D eigenvalue weighted by Crippen LogP contribution is 2.32. The number of fused-ring (bicyclic) bond motifs is 2. The van der Waals surface area contributed by atoms with Gasteiger partial charge >= 0.3 is 0 Å². The summed E-state index contributed by atoms with van der Waals surface area (Å²) in [6.45, 7) is 6.10. The van der Waals surface area contributed by atoms with E-state index in [1.54, 1.807) is 0 Å². The molecule has 0 aliphatic carbocycles. The lowest BCUT2D eigenvalue weighted by atomic mass is 10.2. The lowest BCUT2D eigenvalue weighted by Crippen LogP contribution is -2.29. The van der Waals surface area contributed by atoms with Crippen molar-refractivity contribution in [3.8, 4) is 0 Å². The van der Waals surface area contributed by atoms with Crippen LogP contribution in [-0.4, -0.2) is 38.7 Å². The number of rotatable bonds is 7. The van der Waals surface area contributed by atoms with Crippen LogP contribution in [0.5, 0.6) is 0 Å². The number of benzene rings is 3. The van der Waals surface area contributed by atoms with E-state index in [-0.39, 0.29) is 4.90 Å². The molecule has 0 radical (unpaired) electrons. The number of anilines is 1. The molecule has 36 heavy (non-hydrogen) atoms. The molecule has 0 saturated carbocycles. The number of amides is 1. The van der Waals surface area contributed by atoms with Gasteiger partial charge in [-0.15, -0.1) is 0 Å². The highest BCUT2D eigenvalue weighted by atomic mass is 32.2. The predicted octanol–water partition coefficient (Wildman–Crippen LogP) is 4.54. The number of thiazole rings is 1. The zero-order chi connectivity index (χ0) is 25.3. The number of nitrogens with zero attached hydrogens (tertiary/aromatic N) is 3. The molecule has 7 nitrogen and oxygen atoms in total. The second-order valence-electron chi connectivity index (χ2n) is 8.60. The van der Waals surface area contributed by atoms with Crippen LogP contribution in [0, 0.1) is 6.92 Å². The van der Waals surface area contributed by atoms with Crippen LogP contribution in [0.1, 0.15) is 28.4 Å². The minimum atomic E-state index is -3.72. The number of ether oxygens (including phenoxy) is 1. The van der Waals surface area contributed by atoms with Gasteiger partial charge in [0, 0.05) is 25.3 Å². The maximum Gasteiger partial charge on any atom is 0.279 e. The van der Waals surface area contributed by atoms with E-state index in [0.29, 0.717) is 48.8 Å². The van der Waals surface area contributed by atoms with Gasteiger partial charge in [0.15, 0.2) is 4.80 Å². The van der Waals surface area contributed by atoms with Gasteiger partial charge in [0.25, 0.3) is 15.9 Å². The second-order valence-corrected chi connectivity index (χ2v) is 11.5. The predicted molar refractivity (Wildman–Crippen MR) is 142 cm³/mol. The number of aromatic nitrogens is 1. The van der Waals surface area contributed by atoms with Crippen LogP contribution in [0.4, 0.5) is 5.69 Å². The Morgan fingerprint density at radius 3 is 2.64 bits per heavy atom. The molecule has 3 aromatic carbocycles. The molecular weight excluding hydrogens is 494 g/mol. The van der Waals surface area contributed by atoms with Crippen molar-refractivity contribution in [2.45, 2.75) is 31.7 Å². The average molecular weight is 522 g/mol. The summed E-state index contributed by atoms with van der Waals surface area (Å²) in [5.41, 5.74) is 4.20. The van der Waals surface area contributed by atoms with Crippen molar-refractivity contribution in [2.24, 2.45) is 4.99 Å². The van der Waals surface area contributed by atoms with Gasteiger partial charge in [0.2, 0.25) is 0 Å². The summed E-state index contributed by atoms with van der Waals surface area (Å²) in [6.07, 6.45) is 0.683. The van der Waals surface area contributed by atoms with E-state index in [9.17, 15) is 13.2 Å². The molecule has 5 rings (SSSR count). The molecule has 1 aromatic heterocycles. The zero-order valence-electron chi connectivity index (χ0n) is 20.2. The van der Waals surface area contributed by atoms with Crippen molar-refractivity contribution >= 4 is 43.2 Å². The summed E-state index contributed by atoms with van der Waals surface area (Å²) in [6, 6.07) is 19.7. The first-order valence-electron chi connectivity index (χ1n) is 11.9. The summed E-state index contributed by atoms with van der Waals surface area (Å²) in [7, 11) is -3.72. The van der Waals surface area contributed by atoms with Crippen LogP contribution in [0.15, 0.2) is 76.6 Å². The molecule has 0 spiro atoms. The van der Waals surface area contributed by atoms with Crippen LogP contribution < -0.4 is 9.11 Å². The summed E-state index contributed by atoms with van der Waals surface area (Å²) < 4.78 is 36.5. The van der Waals surface area contributed by atoms with Crippen LogP contribution in [0.3, 0.4) is 0 Å². The van der Waals surface area contributed by atoms with Crippen molar-refractivity contribution in [2.75, 3.05) is 24.1 Å². The van der Waals surface area contributed by atoms with Gasteiger partial charge in [-0.05, 0) is 73.9 Å². The monoisotopic (exact) mass is 521 g/mol. The van der Waals surface area contributed by atoms with Gasteiger partial charge in [-0.25, -0.2) is 8.42 Å². The highest BCUT2D eigenvalue weighted by molar-refractivity contribution is 7.92. The molecule has 1 aliphatic heterocycles. The van der Waals surface area contributed by atoms with Crippen molar-refractivity contribution in [1.82, 2.24) is 4.57 Å². The normalized spacial score (nSPS) is 13.9. The molecular formula is C27H27N3O4S2. The standard InChI is InChI=1S/C27H27N3O4S2/c1-3-34-17-16-29-24-13-8-19(2)18-25(24)35-27(29)28-26(31)21-9-11-22(12-10-21)36(32,33)30-15-14-20-6-4-5-7-23(20)30/h4-13,18H,3,14-17H2,1-2H3. The Balaban J connectivity index is 1.44. The second kappa shape index (κ2) is 10.0. The van der Waals surface area contributed by atoms with Crippen LogP contribution in [0.2, 0.25) is 0 Å². The van der Waals surface area contributed by atoms with Crippen LogP contribution >= 0.6 is 11.3 Å². The SMILES string of the molecule is CCOCCn1c(=NC(=O)c2ccc(S(=O)(=O)N3CCc4ccccc43)cc2)sc2cc(C)ccc21. The molecule has 0 bridgehead atoms. The molecule has 1 aliphatic rings. The number of hydrogen-bond donors (Lipinski definition) is 0. The third kappa shape index (κ3) is 4.61. The molecule has 0 unspecified atom stereocenters. The van der Waals surface area contributed by atoms with E-state index in [0.717, 1.165) is 21.3 Å². The van der Waals surface area contributed by atoms with E-state index < -0.39 is 15.9 Å². The highest BCUT2D eigenvalue weighted by Gasteiger charge is 2.30. The first kappa shape index (κ1) is 24.4. The van der Waals surface area contributed by atoms with Gasteiger partial charge in [-0.2, -0.15) is 4.99 Å². The van der Waals surface area contributed by atoms with Gasteiger partial charge < -0.3 is 9.30 Å². The van der Waals surface area contributed by atoms with Gasteiger partial charge in [-0.1, -0.05) is 35.6 Å². The molecule has 0 saturated heterocycles. The maximum absolute atomic E-state index is 13.3. The fourth-order valence-corrected chi connectivity index (χ4v) is 7.04. The minimum absolute atomic E-state index is 0.153. The smallest absolute Gasteiger partial charge is 0.279 e. The quantitative estimate of drug-likeness (QED) is 0.335. The molecule has 0 atom stereocenters. The minimum Gasteiger partial charge on any atom is -0.380 e. The van der Waals surface area contributed by atoms with Crippen LogP contribution in [0.25, 0.3) is 10.2 Å². The Labute approximate surface area is 214 Å². The third-order valence-electron chi connectivity index (χ3n) is 6.23. The van der Waals surface area contributed by atoms with Gasteiger partial charge in [0.1, 0.15) is 0 Å². The Bertz CT molecular complexity index is 1600. The summed E-state index contributed by atoms with van der Waals surface area (Å²) in [5.74, 6) is -0.418. The Hall–Kier alpha value is -3.27. The molecule has 9 heteroatoms. The fraction of sp³-hybridized carbons (Fsp3) is 0.259. The number of hydrogen-bond acceptors (Lipinski definition) is 5.